The Morgan fingerprint density at radius 3 is 2.62 bits per heavy atom. The molecule has 0 aliphatic carbocycles. The molecule has 0 unspecified atom stereocenters. The molecule has 2 aromatic rings. The lowest BCUT2D eigenvalue weighted by Gasteiger charge is -2.27. The average Bonchev–Trinajstić information content (AvgIpc) is 2.68. The van der Waals surface area contributed by atoms with E-state index >= 15 is 0 Å². The molecule has 5 nitrogen and oxygen atoms in total. The first-order valence-corrected chi connectivity index (χ1v) is 10.1. The van der Waals surface area contributed by atoms with Crippen LogP contribution in [-0.2, 0) is 16.2 Å². The number of rotatable bonds is 6. The van der Waals surface area contributed by atoms with Gasteiger partial charge < -0.3 is 4.74 Å². The Balaban J connectivity index is 1.85. The number of nitrogens with zero attached hydrogens (tertiary/aromatic N) is 1. The Kier molecular flexibility index (Phi) is 6.84. The van der Waals surface area contributed by atoms with E-state index in [2.05, 4.69) is 27.8 Å². The number of hydrogen-bond acceptors (Lipinski definition) is 4. The summed E-state index contributed by atoms with van der Waals surface area (Å²) >= 11 is 14.9. The third kappa shape index (κ3) is 4.93. The van der Waals surface area contributed by atoms with Crippen molar-refractivity contribution < 1.29 is 14.3 Å². The van der Waals surface area contributed by atoms with Gasteiger partial charge in [0.15, 0.2) is 10.9 Å². The molecule has 148 valence electrons. The summed E-state index contributed by atoms with van der Waals surface area (Å²) in [5.74, 6) is -0.571. The molecule has 0 bridgehead atoms. The minimum Gasteiger partial charge on any atom is -0.486 e. The second-order valence-corrected chi connectivity index (χ2v) is 7.76. The van der Waals surface area contributed by atoms with Crippen molar-refractivity contribution in [2.45, 2.75) is 6.61 Å². The number of thiocarbonyl (C=S) groups is 1. The van der Waals surface area contributed by atoms with Gasteiger partial charge in [0.1, 0.15) is 12.2 Å². The van der Waals surface area contributed by atoms with Gasteiger partial charge in [-0.25, -0.2) is 0 Å². The Bertz CT molecular complexity index is 1000. The van der Waals surface area contributed by atoms with Crippen LogP contribution in [0.3, 0.4) is 0 Å². The third-order valence-electron chi connectivity index (χ3n) is 4.06. The highest BCUT2D eigenvalue weighted by Gasteiger charge is 2.32. The summed E-state index contributed by atoms with van der Waals surface area (Å²) in [6.45, 7) is 4.16. The predicted octanol–water partition coefficient (Wildman–Crippen LogP) is 4.49. The van der Waals surface area contributed by atoms with Crippen LogP contribution in [0.2, 0.25) is 5.02 Å². The fourth-order valence-electron chi connectivity index (χ4n) is 2.69. The number of nitrogens with one attached hydrogen (secondary N) is 1. The van der Waals surface area contributed by atoms with Crippen molar-refractivity contribution in [3.63, 3.8) is 0 Å². The van der Waals surface area contributed by atoms with Crippen molar-refractivity contribution >= 4 is 62.8 Å². The van der Waals surface area contributed by atoms with Crippen molar-refractivity contribution in [3.8, 4) is 5.75 Å². The fraction of sp³-hybridized carbons (Fsp3) is 0.0952. The second-order valence-electron chi connectivity index (χ2n) is 6.11. The smallest absolute Gasteiger partial charge is 0.265 e. The van der Waals surface area contributed by atoms with E-state index in [1.165, 1.54) is 17.1 Å². The van der Waals surface area contributed by atoms with Crippen LogP contribution < -0.4 is 10.1 Å². The Morgan fingerprint density at radius 1 is 1.24 bits per heavy atom. The zero-order valence-electron chi connectivity index (χ0n) is 15.2. The van der Waals surface area contributed by atoms with Crippen molar-refractivity contribution in [2.24, 2.45) is 0 Å². The van der Waals surface area contributed by atoms with Crippen LogP contribution in [0, 0.1) is 0 Å². The third-order valence-corrected chi connectivity index (χ3v) is 5.25. The molecule has 29 heavy (non-hydrogen) atoms. The SMILES string of the molecule is C=CCN1C(=O)/C(=C/c2cc(Cl)c(OCc3ccccc3)c(Br)c2)C(=O)NC1=S. The number of benzene rings is 2. The highest BCUT2D eigenvalue weighted by Crippen LogP contribution is 2.36. The lowest BCUT2D eigenvalue weighted by molar-refractivity contribution is -0.128. The molecule has 1 heterocycles. The summed E-state index contributed by atoms with van der Waals surface area (Å²) in [5.41, 5.74) is 1.53. The number of carbonyl (C=O) groups excluding carboxylic acids is 2. The number of carbonyl (C=O) groups is 2. The van der Waals surface area contributed by atoms with Gasteiger partial charge in [-0.15, -0.1) is 6.58 Å². The standard InChI is InChI=1S/C21H16BrClN2O3S/c1-2-8-25-20(27)15(19(26)24-21(25)29)9-14-10-16(22)18(17(23)11-14)28-12-13-6-4-3-5-7-13/h2-7,9-11H,1,8,12H2,(H,24,26,29)/b15-9+. The highest BCUT2D eigenvalue weighted by molar-refractivity contribution is 9.10. The summed E-state index contributed by atoms with van der Waals surface area (Å²) in [6, 6.07) is 13.0. The van der Waals surface area contributed by atoms with Crippen LogP contribution in [0.5, 0.6) is 5.75 Å². The first-order valence-electron chi connectivity index (χ1n) is 8.56. The molecule has 8 heteroatoms. The van der Waals surface area contributed by atoms with Crippen molar-refractivity contribution in [1.29, 1.82) is 0 Å². The topological polar surface area (TPSA) is 58.6 Å². The highest BCUT2D eigenvalue weighted by atomic mass is 79.9. The van der Waals surface area contributed by atoms with Gasteiger partial charge in [0.05, 0.1) is 9.50 Å². The zero-order valence-corrected chi connectivity index (χ0v) is 18.3. The molecule has 1 aliphatic heterocycles. The summed E-state index contributed by atoms with van der Waals surface area (Å²) in [4.78, 5) is 26.2. The first-order chi connectivity index (χ1) is 13.9. The molecule has 1 fully saturated rings. The summed E-state index contributed by atoms with van der Waals surface area (Å²) in [5, 5.41) is 2.91. The predicted molar refractivity (Wildman–Crippen MR) is 121 cm³/mol. The minimum absolute atomic E-state index is 0.0404. The Morgan fingerprint density at radius 2 is 1.97 bits per heavy atom. The molecular formula is C21H16BrClN2O3S. The summed E-state index contributed by atoms with van der Waals surface area (Å²) in [7, 11) is 0. The van der Waals surface area contributed by atoms with Gasteiger partial charge in [-0.3, -0.25) is 19.8 Å². The largest absolute Gasteiger partial charge is 0.486 e. The van der Waals surface area contributed by atoms with Crippen LogP contribution in [0.1, 0.15) is 11.1 Å². The van der Waals surface area contributed by atoms with Gasteiger partial charge in [0.25, 0.3) is 11.8 Å². The molecule has 0 saturated carbocycles. The van der Waals surface area contributed by atoms with Gasteiger partial charge in [-0.05, 0) is 57.5 Å². The molecular weight excluding hydrogens is 476 g/mol. The van der Waals surface area contributed by atoms with Crippen molar-refractivity contribution in [3.05, 3.63) is 81.3 Å². The van der Waals surface area contributed by atoms with Gasteiger partial charge in [-0.1, -0.05) is 48.0 Å². The van der Waals surface area contributed by atoms with Gasteiger partial charge in [-0.2, -0.15) is 0 Å². The average molecular weight is 492 g/mol. The summed E-state index contributed by atoms with van der Waals surface area (Å²) < 4.78 is 6.43. The molecule has 2 aromatic carbocycles. The molecule has 1 N–H and O–H groups in total. The van der Waals surface area contributed by atoms with E-state index in [1.54, 1.807) is 12.1 Å². The number of ether oxygens (including phenoxy) is 1. The number of hydrogen-bond donors (Lipinski definition) is 1. The normalized spacial score (nSPS) is 15.4. The first kappa shape index (κ1) is 21.2. The van der Waals surface area contributed by atoms with E-state index in [0.29, 0.717) is 27.4 Å². The van der Waals surface area contributed by atoms with Crippen LogP contribution >= 0.6 is 39.7 Å². The molecule has 0 radical (unpaired) electrons. The monoisotopic (exact) mass is 490 g/mol. The summed E-state index contributed by atoms with van der Waals surface area (Å²) in [6.07, 6.45) is 3.00. The molecule has 1 aliphatic rings. The molecule has 0 spiro atoms. The quantitative estimate of drug-likeness (QED) is 0.280. The van der Waals surface area contributed by atoms with E-state index in [0.717, 1.165) is 5.56 Å². The minimum atomic E-state index is -0.558. The van der Waals surface area contributed by atoms with Gasteiger partial charge >= 0.3 is 0 Å². The van der Waals surface area contributed by atoms with Gasteiger partial charge in [0.2, 0.25) is 0 Å². The van der Waals surface area contributed by atoms with E-state index in [4.69, 9.17) is 28.6 Å². The van der Waals surface area contributed by atoms with E-state index in [1.807, 2.05) is 30.3 Å². The van der Waals surface area contributed by atoms with Crippen molar-refractivity contribution in [2.75, 3.05) is 6.54 Å². The van der Waals surface area contributed by atoms with Crippen LogP contribution in [0.15, 0.2) is 65.2 Å². The number of halogens is 2. The molecule has 2 amide bonds. The molecule has 1 saturated heterocycles. The number of amides is 2. The molecule has 0 atom stereocenters. The second kappa shape index (κ2) is 9.35. The lowest BCUT2D eigenvalue weighted by Crippen LogP contribution is -2.53. The van der Waals surface area contributed by atoms with Crippen LogP contribution in [0.4, 0.5) is 0 Å². The van der Waals surface area contributed by atoms with E-state index in [-0.39, 0.29) is 17.2 Å². The van der Waals surface area contributed by atoms with Crippen LogP contribution in [0.25, 0.3) is 6.08 Å². The maximum atomic E-state index is 12.6. The van der Waals surface area contributed by atoms with Crippen molar-refractivity contribution in [1.82, 2.24) is 10.2 Å². The fourth-order valence-corrected chi connectivity index (χ4v) is 3.93. The van der Waals surface area contributed by atoms with Crippen LogP contribution in [-0.4, -0.2) is 28.4 Å². The molecule has 3 rings (SSSR count). The Labute approximate surface area is 187 Å². The maximum absolute atomic E-state index is 12.6. The molecule has 0 aromatic heterocycles. The lowest BCUT2D eigenvalue weighted by atomic mass is 10.1. The van der Waals surface area contributed by atoms with E-state index < -0.39 is 11.8 Å². The van der Waals surface area contributed by atoms with Gasteiger partial charge in [0, 0.05) is 6.54 Å². The van der Waals surface area contributed by atoms with E-state index in [9.17, 15) is 9.59 Å². The Hall–Kier alpha value is -2.48. The maximum Gasteiger partial charge on any atom is 0.265 e. The zero-order chi connectivity index (χ0) is 21.0.